The summed E-state index contributed by atoms with van der Waals surface area (Å²) >= 11 is 0. The van der Waals surface area contributed by atoms with Gasteiger partial charge in [-0.2, -0.15) is 0 Å². The van der Waals surface area contributed by atoms with Crippen molar-refractivity contribution in [2.45, 2.75) is 38.2 Å². The van der Waals surface area contributed by atoms with Gasteiger partial charge in [-0.1, -0.05) is 0 Å². The average molecular weight is 199 g/mol. The van der Waals surface area contributed by atoms with Crippen molar-refractivity contribution in [3.63, 3.8) is 0 Å². The Morgan fingerprint density at radius 3 is 2.43 bits per heavy atom. The summed E-state index contributed by atoms with van der Waals surface area (Å²) in [6.07, 6.45) is 4.13. The number of hydrogen-bond donors (Lipinski definition) is 0. The van der Waals surface area contributed by atoms with E-state index >= 15 is 0 Å². The van der Waals surface area contributed by atoms with Gasteiger partial charge in [-0.25, -0.2) is 4.79 Å². The zero-order chi connectivity index (χ0) is 10.4. The van der Waals surface area contributed by atoms with E-state index in [9.17, 15) is 9.59 Å². The van der Waals surface area contributed by atoms with E-state index in [0.29, 0.717) is 0 Å². The first-order chi connectivity index (χ1) is 6.72. The van der Waals surface area contributed by atoms with Crippen molar-refractivity contribution in [1.29, 1.82) is 0 Å². The van der Waals surface area contributed by atoms with E-state index in [-0.39, 0.29) is 19.1 Å². The van der Waals surface area contributed by atoms with Crippen molar-refractivity contribution in [2.24, 2.45) is 0 Å². The molecule has 0 aromatic carbocycles. The number of carbonyl (C=O) groups excluding carboxylic acids is 2. The summed E-state index contributed by atoms with van der Waals surface area (Å²) in [6.45, 7) is 3.05. The lowest BCUT2D eigenvalue weighted by atomic mass is 10.3. The lowest BCUT2D eigenvalue weighted by molar-refractivity contribution is -0.161. The molecule has 1 aliphatic rings. The number of hydrogen-bond acceptors (Lipinski definition) is 4. The number of carbonyl (C=O) groups is 2. The summed E-state index contributed by atoms with van der Waals surface area (Å²) in [7, 11) is 0. The van der Waals surface area contributed by atoms with E-state index in [0.717, 1.165) is 25.7 Å². The third-order valence-electron chi connectivity index (χ3n) is 2.16. The van der Waals surface area contributed by atoms with Gasteiger partial charge in [-0.05, 0) is 32.6 Å². The fourth-order valence-corrected chi connectivity index (χ4v) is 1.44. The number of rotatable bonds is 4. The fraction of sp³-hybridized carbons (Fsp3) is 0.700. The average Bonchev–Trinajstić information content (AvgIpc) is 2.66. The molecule has 0 unspecified atom stereocenters. The van der Waals surface area contributed by atoms with E-state index in [1.165, 1.54) is 0 Å². The van der Waals surface area contributed by atoms with Gasteiger partial charge in [0.15, 0.2) is 6.61 Å². The molecular weight excluding hydrogens is 184 g/mol. The zero-order valence-electron chi connectivity index (χ0n) is 8.16. The van der Waals surface area contributed by atoms with Crippen molar-refractivity contribution < 1.29 is 19.1 Å². The van der Waals surface area contributed by atoms with Crippen LogP contribution in [0.4, 0.5) is 0 Å². The summed E-state index contributed by atoms with van der Waals surface area (Å²) in [6, 6.07) is 0. The molecule has 1 rings (SSSR count). The van der Waals surface area contributed by atoms with Gasteiger partial charge < -0.3 is 9.47 Å². The van der Waals surface area contributed by atoms with E-state index < -0.39 is 11.9 Å². The van der Waals surface area contributed by atoms with Gasteiger partial charge in [0.05, 0.1) is 0 Å². The van der Waals surface area contributed by atoms with Gasteiger partial charge in [0.25, 0.3) is 0 Å². The topological polar surface area (TPSA) is 52.6 Å². The lowest BCUT2D eigenvalue weighted by Gasteiger charge is -2.10. The van der Waals surface area contributed by atoms with Crippen LogP contribution in [-0.2, 0) is 19.1 Å². The largest absolute Gasteiger partial charge is 0.460 e. The third-order valence-corrected chi connectivity index (χ3v) is 2.16. The molecule has 4 heteroatoms. The minimum atomic E-state index is -0.478. The Balaban J connectivity index is 2.12. The van der Waals surface area contributed by atoms with Crippen LogP contribution in [0.1, 0.15) is 32.1 Å². The molecule has 1 saturated carbocycles. The van der Waals surface area contributed by atoms with Crippen LogP contribution in [0.5, 0.6) is 0 Å². The van der Waals surface area contributed by atoms with Crippen molar-refractivity contribution in [3.05, 3.63) is 6.92 Å². The molecule has 0 N–H and O–H groups in total. The second kappa shape index (κ2) is 5.62. The normalized spacial score (nSPS) is 16.6. The fourth-order valence-electron chi connectivity index (χ4n) is 1.44. The highest BCUT2D eigenvalue weighted by molar-refractivity contribution is 5.76. The second-order valence-corrected chi connectivity index (χ2v) is 3.31. The molecule has 1 radical (unpaired) electrons. The Morgan fingerprint density at radius 2 is 1.86 bits per heavy atom. The number of esters is 2. The molecule has 0 aromatic heterocycles. The Labute approximate surface area is 83.6 Å². The van der Waals surface area contributed by atoms with Crippen LogP contribution in [0.15, 0.2) is 0 Å². The minimum Gasteiger partial charge on any atom is -0.460 e. The molecule has 14 heavy (non-hydrogen) atoms. The molecule has 0 amide bonds. The Kier molecular flexibility index (Phi) is 4.43. The first kappa shape index (κ1) is 11.0. The molecule has 0 bridgehead atoms. The van der Waals surface area contributed by atoms with Crippen LogP contribution in [0.3, 0.4) is 0 Å². The Morgan fingerprint density at radius 1 is 1.21 bits per heavy atom. The van der Waals surface area contributed by atoms with Crippen LogP contribution < -0.4 is 0 Å². The smallest absolute Gasteiger partial charge is 0.344 e. The Bertz CT molecular complexity index is 206. The highest BCUT2D eigenvalue weighted by Crippen LogP contribution is 2.20. The van der Waals surface area contributed by atoms with E-state index in [4.69, 9.17) is 4.74 Å². The maximum Gasteiger partial charge on any atom is 0.344 e. The highest BCUT2D eigenvalue weighted by atomic mass is 16.6. The molecule has 1 fully saturated rings. The van der Waals surface area contributed by atoms with E-state index in [1.807, 2.05) is 0 Å². The molecule has 1 aliphatic carbocycles. The zero-order valence-corrected chi connectivity index (χ0v) is 8.16. The summed E-state index contributed by atoms with van der Waals surface area (Å²) in [4.78, 5) is 21.8. The van der Waals surface area contributed by atoms with Crippen molar-refractivity contribution in [1.82, 2.24) is 0 Å². The molecule has 0 spiro atoms. The molecular formula is C10H15O4. The molecule has 0 aliphatic heterocycles. The van der Waals surface area contributed by atoms with Crippen LogP contribution >= 0.6 is 0 Å². The predicted octanol–water partition coefficient (Wildman–Crippen LogP) is 1.24. The van der Waals surface area contributed by atoms with Gasteiger partial charge in [-0.15, -0.1) is 0 Å². The third kappa shape index (κ3) is 3.77. The van der Waals surface area contributed by atoms with Crippen LogP contribution in [0.25, 0.3) is 0 Å². The molecule has 0 saturated heterocycles. The van der Waals surface area contributed by atoms with Crippen molar-refractivity contribution in [3.8, 4) is 0 Å². The molecule has 0 aromatic rings. The molecule has 0 heterocycles. The first-order valence-electron chi connectivity index (χ1n) is 4.86. The second-order valence-electron chi connectivity index (χ2n) is 3.31. The SMILES string of the molecule is [CH2]CC(=O)OCC(=O)OC1CCCC1. The van der Waals surface area contributed by atoms with E-state index in [2.05, 4.69) is 11.7 Å². The minimum absolute atomic E-state index is 0.0287. The van der Waals surface area contributed by atoms with Crippen molar-refractivity contribution >= 4 is 11.9 Å². The van der Waals surface area contributed by atoms with Gasteiger partial charge in [-0.3, -0.25) is 4.79 Å². The monoisotopic (exact) mass is 199 g/mol. The van der Waals surface area contributed by atoms with Crippen molar-refractivity contribution in [2.75, 3.05) is 6.61 Å². The quantitative estimate of drug-likeness (QED) is 0.639. The molecule has 0 atom stereocenters. The first-order valence-corrected chi connectivity index (χ1v) is 4.86. The Hall–Kier alpha value is -1.06. The highest BCUT2D eigenvalue weighted by Gasteiger charge is 2.19. The predicted molar refractivity (Wildman–Crippen MR) is 49.3 cm³/mol. The maximum absolute atomic E-state index is 11.1. The summed E-state index contributed by atoms with van der Waals surface area (Å²) < 4.78 is 9.66. The number of ether oxygens (including phenoxy) is 2. The summed E-state index contributed by atoms with van der Waals surface area (Å²) in [5.74, 6) is -0.938. The summed E-state index contributed by atoms with van der Waals surface area (Å²) in [5, 5.41) is 0. The lowest BCUT2D eigenvalue weighted by Crippen LogP contribution is -2.20. The molecule has 4 nitrogen and oxygen atoms in total. The van der Waals surface area contributed by atoms with Crippen LogP contribution in [0, 0.1) is 6.92 Å². The molecule has 79 valence electrons. The maximum atomic E-state index is 11.1. The van der Waals surface area contributed by atoms with Gasteiger partial charge in [0.1, 0.15) is 6.10 Å². The summed E-state index contributed by atoms with van der Waals surface area (Å²) in [5.41, 5.74) is 0. The van der Waals surface area contributed by atoms with Gasteiger partial charge in [0.2, 0.25) is 0 Å². The standard InChI is InChI=1S/C10H15O4/c1-2-9(11)13-7-10(12)14-8-5-3-4-6-8/h8H,1-7H2. The van der Waals surface area contributed by atoms with Crippen LogP contribution in [0.2, 0.25) is 0 Å². The van der Waals surface area contributed by atoms with Crippen LogP contribution in [-0.4, -0.2) is 24.6 Å². The van der Waals surface area contributed by atoms with Gasteiger partial charge >= 0.3 is 11.9 Å². The van der Waals surface area contributed by atoms with E-state index in [1.54, 1.807) is 0 Å². The van der Waals surface area contributed by atoms with Gasteiger partial charge in [0, 0.05) is 6.42 Å².